The van der Waals surface area contributed by atoms with Crippen LogP contribution in [0.3, 0.4) is 0 Å². The van der Waals surface area contributed by atoms with Gasteiger partial charge in [-0.1, -0.05) is 24.8 Å². The minimum absolute atomic E-state index is 0.467. The second kappa shape index (κ2) is 3.78. The van der Waals surface area contributed by atoms with Crippen molar-refractivity contribution in [1.82, 2.24) is 0 Å². The fourth-order valence-electron chi connectivity index (χ4n) is 0.777. The van der Waals surface area contributed by atoms with E-state index in [2.05, 4.69) is 11.9 Å². The zero-order valence-corrected chi connectivity index (χ0v) is 6.38. The van der Waals surface area contributed by atoms with Gasteiger partial charge in [0, 0.05) is 17.9 Å². The number of rotatable bonds is 3. The zero-order chi connectivity index (χ0) is 8.10. The van der Waals surface area contributed by atoms with Gasteiger partial charge in [0.2, 0.25) is 0 Å². The highest BCUT2D eigenvalue weighted by atomic mass is 14.9. The predicted molar refractivity (Wildman–Crippen MR) is 48.3 cm³/mol. The van der Waals surface area contributed by atoms with Crippen molar-refractivity contribution in [3.8, 4) is 0 Å². The molecule has 2 nitrogen and oxygen atoms in total. The Morgan fingerprint density at radius 1 is 1.36 bits per heavy atom. The molecule has 2 heteroatoms. The zero-order valence-electron chi connectivity index (χ0n) is 6.38. The van der Waals surface area contributed by atoms with Crippen LogP contribution in [0.25, 0.3) is 0 Å². The molecule has 0 fully saturated rings. The van der Waals surface area contributed by atoms with Crippen LogP contribution < -0.4 is 11.1 Å². The first-order valence-corrected chi connectivity index (χ1v) is 3.53. The maximum atomic E-state index is 5.36. The molecule has 11 heavy (non-hydrogen) atoms. The molecule has 0 amide bonds. The molecule has 58 valence electrons. The number of nitrogens with two attached hydrogens (primary N) is 1. The first-order valence-electron chi connectivity index (χ1n) is 3.53. The Bertz CT molecular complexity index is 229. The first-order chi connectivity index (χ1) is 5.33. The van der Waals surface area contributed by atoms with Crippen molar-refractivity contribution in [2.45, 2.75) is 0 Å². The number of para-hydroxylation sites is 1. The first kappa shape index (κ1) is 7.82. The maximum Gasteiger partial charge on any atom is 0.0381 e. The lowest BCUT2D eigenvalue weighted by Crippen LogP contribution is -2.09. The quantitative estimate of drug-likeness (QED) is 0.682. The van der Waals surface area contributed by atoms with Crippen molar-refractivity contribution in [3.05, 3.63) is 42.6 Å². The fourth-order valence-corrected chi connectivity index (χ4v) is 0.777. The van der Waals surface area contributed by atoms with Gasteiger partial charge in [0.05, 0.1) is 0 Å². The number of hydrogen-bond donors (Lipinski definition) is 2. The van der Waals surface area contributed by atoms with Crippen molar-refractivity contribution in [1.29, 1.82) is 0 Å². The van der Waals surface area contributed by atoms with Crippen LogP contribution in [0.5, 0.6) is 0 Å². The smallest absolute Gasteiger partial charge is 0.0381 e. The lowest BCUT2D eigenvalue weighted by Gasteiger charge is -2.05. The Balaban J connectivity index is 2.58. The van der Waals surface area contributed by atoms with Gasteiger partial charge in [0.15, 0.2) is 0 Å². The van der Waals surface area contributed by atoms with Crippen molar-refractivity contribution in [2.75, 3.05) is 11.9 Å². The molecule has 0 saturated carbocycles. The van der Waals surface area contributed by atoms with Gasteiger partial charge in [0.1, 0.15) is 0 Å². The summed E-state index contributed by atoms with van der Waals surface area (Å²) in [7, 11) is 0. The molecule has 1 aromatic rings. The van der Waals surface area contributed by atoms with Crippen molar-refractivity contribution < 1.29 is 0 Å². The summed E-state index contributed by atoms with van der Waals surface area (Å²) < 4.78 is 0. The van der Waals surface area contributed by atoms with Gasteiger partial charge in [-0.2, -0.15) is 0 Å². The van der Waals surface area contributed by atoms with E-state index >= 15 is 0 Å². The molecule has 0 aliphatic heterocycles. The van der Waals surface area contributed by atoms with Crippen molar-refractivity contribution in [2.24, 2.45) is 5.73 Å². The van der Waals surface area contributed by atoms with E-state index in [-0.39, 0.29) is 0 Å². The predicted octanol–water partition coefficient (Wildman–Crippen LogP) is 1.57. The van der Waals surface area contributed by atoms with Gasteiger partial charge in [0.25, 0.3) is 0 Å². The van der Waals surface area contributed by atoms with Crippen LogP contribution in [0.15, 0.2) is 42.6 Å². The molecule has 0 bridgehead atoms. The monoisotopic (exact) mass is 148 g/mol. The second-order valence-electron chi connectivity index (χ2n) is 2.30. The van der Waals surface area contributed by atoms with Crippen molar-refractivity contribution >= 4 is 5.69 Å². The molecule has 0 radical (unpaired) electrons. The van der Waals surface area contributed by atoms with Crippen LogP contribution in [0.4, 0.5) is 5.69 Å². The van der Waals surface area contributed by atoms with E-state index in [0.29, 0.717) is 6.54 Å². The molecule has 0 aliphatic carbocycles. The molecule has 3 N–H and O–H groups in total. The summed E-state index contributed by atoms with van der Waals surface area (Å²) in [6.07, 6.45) is 0. The Hall–Kier alpha value is -1.28. The number of anilines is 1. The summed E-state index contributed by atoms with van der Waals surface area (Å²) >= 11 is 0. The highest BCUT2D eigenvalue weighted by Gasteiger charge is 1.89. The second-order valence-corrected chi connectivity index (χ2v) is 2.30. The summed E-state index contributed by atoms with van der Waals surface area (Å²) in [6.45, 7) is 4.20. The molecule has 0 saturated heterocycles. The summed E-state index contributed by atoms with van der Waals surface area (Å²) in [6, 6.07) is 9.84. The third kappa shape index (κ3) is 2.43. The van der Waals surface area contributed by atoms with Gasteiger partial charge in [-0.15, -0.1) is 0 Å². The summed E-state index contributed by atoms with van der Waals surface area (Å²) in [5, 5.41) is 3.07. The molecular weight excluding hydrogens is 136 g/mol. The van der Waals surface area contributed by atoms with Gasteiger partial charge in [-0.05, 0) is 12.1 Å². The van der Waals surface area contributed by atoms with Gasteiger partial charge < -0.3 is 11.1 Å². The highest BCUT2D eigenvalue weighted by molar-refractivity contribution is 5.47. The molecule has 0 heterocycles. The Morgan fingerprint density at radius 2 is 2.00 bits per heavy atom. The Kier molecular flexibility index (Phi) is 2.69. The normalized spacial score (nSPS) is 9.18. The lowest BCUT2D eigenvalue weighted by molar-refractivity contribution is 1.15. The van der Waals surface area contributed by atoms with Crippen LogP contribution in [0.2, 0.25) is 0 Å². The van der Waals surface area contributed by atoms with E-state index in [1.165, 1.54) is 0 Å². The minimum Gasteiger partial charge on any atom is -0.358 e. The lowest BCUT2D eigenvalue weighted by atomic mass is 10.3. The molecule has 0 aliphatic rings. The average molecular weight is 148 g/mol. The van der Waals surface area contributed by atoms with Crippen LogP contribution in [0.1, 0.15) is 0 Å². The van der Waals surface area contributed by atoms with Crippen molar-refractivity contribution in [3.63, 3.8) is 0 Å². The van der Waals surface area contributed by atoms with Gasteiger partial charge in [-0.3, -0.25) is 0 Å². The highest BCUT2D eigenvalue weighted by Crippen LogP contribution is 2.06. The average Bonchev–Trinajstić information content (AvgIpc) is 2.06. The maximum absolute atomic E-state index is 5.36. The molecular formula is C9H12N2. The number of benzene rings is 1. The van der Waals surface area contributed by atoms with Crippen LogP contribution >= 0.6 is 0 Å². The summed E-state index contributed by atoms with van der Waals surface area (Å²) in [4.78, 5) is 0. The molecule has 0 atom stereocenters. The van der Waals surface area contributed by atoms with E-state index < -0.39 is 0 Å². The summed E-state index contributed by atoms with van der Waals surface area (Å²) in [5.74, 6) is 0. The molecule has 1 aromatic carbocycles. The van der Waals surface area contributed by atoms with E-state index in [4.69, 9.17) is 5.73 Å². The van der Waals surface area contributed by atoms with E-state index in [0.717, 1.165) is 11.4 Å². The van der Waals surface area contributed by atoms with E-state index in [1.54, 1.807) is 0 Å². The Labute approximate surface area is 66.7 Å². The van der Waals surface area contributed by atoms with Crippen LogP contribution in [-0.2, 0) is 0 Å². The van der Waals surface area contributed by atoms with Crippen LogP contribution in [-0.4, -0.2) is 6.54 Å². The van der Waals surface area contributed by atoms with E-state index in [9.17, 15) is 0 Å². The minimum atomic E-state index is 0.467. The fraction of sp³-hybridized carbons (Fsp3) is 0.111. The molecule has 0 aromatic heterocycles. The molecule has 0 unspecified atom stereocenters. The van der Waals surface area contributed by atoms with Gasteiger partial charge in [-0.25, -0.2) is 0 Å². The van der Waals surface area contributed by atoms with Crippen LogP contribution in [0, 0.1) is 0 Å². The largest absolute Gasteiger partial charge is 0.358 e. The SMILES string of the molecule is C=C(CN)Nc1ccccc1. The third-order valence-corrected chi connectivity index (χ3v) is 1.34. The molecule has 0 spiro atoms. The Morgan fingerprint density at radius 3 is 2.55 bits per heavy atom. The standard InChI is InChI=1S/C9H12N2/c1-8(7-10)11-9-5-3-2-4-6-9/h2-6,11H,1,7,10H2. The van der Waals surface area contributed by atoms with Gasteiger partial charge >= 0.3 is 0 Å². The third-order valence-electron chi connectivity index (χ3n) is 1.34. The summed E-state index contributed by atoms with van der Waals surface area (Å²) in [5.41, 5.74) is 7.22. The molecule has 1 rings (SSSR count). The number of nitrogens with one attached hydrogen (secondary N) is 1. The number of hydrogen-bond acceptors (Lipinski definition) is 2. The topological polar surface area (TPSA) is 38.0 Å². The van der Waals surface area contributed by atoms with E-state index in [1.807, 2.05) is 30.3 Å².